The van der Waals surface area contributed by atoms with Gasteiger partial charge in [0.1, 0.15) is 5.75 Å². The summed E-state index contributed by atoms with van der Waals surface area (Å²) in [6.45, 7) is 1.60. The van der Waals surface area contributed by atoms with Gasteiger partial charge >= 0.3 is 0 Å². The van der Waals surface area contributed by atoms with Crippen LogP contribution in [-0.4, -0.2) is 17.4 Å². The van der Waals surface area contributed by atoms with Gasteiger partial charge < -0.3 is 10.1 Å². The molecule has 0 atom stereocenters. The fraction of sp³-hybridized carbons (Fsp3) is 0.133. The molecular weight excluding hydrogens is 308 g/mol. The van der Waals surface area contributed by atoms with Gasteiger partial charge in [-0.1, -0.05) is 17.7 Å². The number of carbonyl (C=O) groups excluding carboxylic acids is 1. The third-order valence-corrected chi connectivity index (χ3v) is 3.37. The van der Waals surface area contributed by atoms with Crippen molar-refractivity contribution in [2.24, 2.45) is 0 Å². The molecule has 0 saturated heterocycles. The predicted octanol–water partition coefficient (Wildman–Crippen LogP) is 3.57. The van der Waals surface area contributed by atoms with Crippen LogP contribution < -0.4 is 10.1 Å². The number of hydrogen-bond acceptors (Lipinski definition) is 4. The van der Waals surface area contributed by atoms with E-state index in [1.165, 1.54) is 24.3 Å². The number of non-ortho nitro benzene ring substituents is 1. The van der Waals surface area contributed by atoms with E-state index in [4.69, 9.17) is 16.3 Å². The van der Waals surface area contributed by atoms with Gasteiger partial charge in [0.2, 0.25) is 0 Å². The van der Waals surface area contributed by atoms with Crippen LogP contribution in [0.5, 0.6) is 5.75 Å². The summed E-state index contributed by atoms with van der Waals surface area (Å²) in [5, 5.41) is 13.8. The summed E-state index contributed by atoms with van der Waals surface area (Å²) in [5.41, 5.74) is 1.35. The van der Waals surface area contributed by atoms with E-state index >= 15 is 0 Å². The van der Waals surface area contributed by atoms with Crippen molar-refractivity contribution in [1.82, 2.24) is 0 Å². The second-order valence-electron chi connectivity index (χ2n) is 4.50. The molecule has 0 heterocycles. The normalized spacial score (nSPS) is 10.1. The van der Waals surface area contributed by atoms with E-state index in [0.29, 0.717) is 16.5 Å². The molecule has 1 amide bonds. The number of ether oxygens (including phenoxy) is 1. The monoisotopic (exact) mass is 320 g/mol. The van der Waals surface area contributed by atoms with Crippen LogP contribution in [0, 0.1) is 17.0 Å². The summed E-state index contributed by atoms with van der Waals surface area (Å²) >= 11 is 5.97. The molecule has 2 rings (SSSR count). The molecule has 0 unspecified atom stereocenters. The number of carbonyl (C=O) groups is 1. The lowest BCUT2D eigenvalue weighted by atomic mass is 10.2. The molecule has 114 valence electrons. The van der Waals surface area contributed by atoms with Crippen molar-refractivity contribution in [3.05, 3.63) is 63.2 Å². The molecule has 6 nitrogen and oxygen atoms in total. The molecule has 0 radical (unpaired) electrons. The number of benzene rings is 2. The van der Waals surface area contributed by atoms with Crippen molar-refractivity contribution in [3.8, 4) is 5.75 Å². The van der Waals surface area contributed by atoms with Crippen LogP contribution in [0.1, 0.15) is 5.56 Å². The van der Waals surface area contributed by atoms with Gasteiger partial charge in [-0.25, -0.2) is 0 Å². The average Bonchev–Trinajstić information content (AvgIpc) is 2.50. The van der Waals surface area contributed by atoms with Crippen LogP contribution in [0.25, 0.3) is 0 Å². The fourth-order valence-electron chi connectivity index (χ4n) is 1.74. The lowest BCUT2D eigenvalue weighted by molar-refractivity contribution is -0.384. The van der Waals surface area contributed by atoms with E-state index in [9.17, 15) is 14.9 Å². The number of nitro benzene ring substituents is 1. The standard InChI is InChI=1S/C15H13ClN2O4/c1-10-13(16)3-2-4-14(10)17-15(19)9-22-12-7-5-11(6-8-12)18(20)21/h2-8H,9H2,1H3,(H,17,19). The Morgan fingerprint density at radius 1 is 1.27 bits per heavy atom. The van der Waals surface area contributed by atoms with Crippen LogP contribution in [0.4, 0.5) is 11.4 Å². The Morgan fingerprint density at radius 3 is 2.59 bits per heavy atom. The van der Waals surface area contributed by atoms with Gasteiger partial charge in [0.15, 0.2) is 6.61 Å². The Bertz CT molecular complexity index is 701. The van der Waals surface area contributed by atoms with E-state index in [-0.39, 0.29) is 18.2 Å². The van der Waals surface area contributed by atoms with Gasteiger partial charge in [-0.3, -0.25) is 14.9 Å². The lowest BCUT2D eigenvalue weighted by Crippen LogP contribution is -2.20. The first-order chi connectivity index (χ1) is 10.5. The summed E-state index contributed by atoms with van der Waals surface area (Å²) in [6, 6.07) is 10.7. The Kier molecular flexibility index (Phi) is 4.95. The SMILES string of the molecule is Cc1c(Cl)cccc1NC(=O)COc1ccc([N+](=O)[O-])cc1. The summed E-state index contributed by atoms with van der Waals surface area (Å²) in [6.07, 6.45) is 0. The number of amides is 1. The highest BCUT2D eigenvalue weighted by molar-refractivity contribution is 6.31. The Hall–Kier alpha value is -2.60. The summed E-state index contributed by atoms with van der Waals surface area (Å²) in [5.74, 6) is 0.0345. The van der Waals surface area contributed by atoms with Crippen LogP contribution in [0.3, 0.4) is 0 Å². The van der Waals surface area contributed by atoms with E-state index in [0.717, 1.165) is 5.56 Å². The van der Waals surface area contributed by atoms with Crippen LogP contribution in [-0.2, 0) is 4.79 Å². The highest BCUT2D eigenvalue weighted by Gasteiger charge is 2.09. The molecule has 0 spiro atoms. The van der Waals surface area contributed by atoms with Gasteiger partial charge in [-0.15, -0.1) is 0 Å². The first-order valence-corrected chi connectivity index (χ1v) is 6.77. The maximum absolute atomic E-state index is 11.8. The van der Waals surface area contributed by atoms with Gasteiger partial charge in [0.25, 0.3) is 11.6 Å². The smallest absolute Gasteiger partial charge is 0.269 e. The highest BCUT2D eigenvalue weighted by atomic mass is 35.5. The highest BCUT2D eigenvalue weighted by Crippen LogP contribution is 2.23. The van der Waals surface area contributed by atoms with Crippen LogP contribution in [0.15, 0.2) is 42.5 Å². The number of nitrogens with one attached hydrogen (secondary N) is 1. The van der Waals surface area contributed by atoms with E-state index in [2.05, 4.69) is 5.32 Å². The van der Waals surface area contributed by atoms with E-state index < -0.39 is 4.92 Å². The largest absolute Gasteiger partial charge is 0.484 e. The number of nitrogens with zero attached hydrogens (tertiary/aromatic N) is 1. The average molecular weight is 321 g/mol. The van der Waals surface area contributed by atoms with Crippen molar-refractivity contribution >= 4 is 28.9 Å². The molecule has 0 aliphatic heterocycles. The van der Waals surface area contributed by atoms with Crippen molar-refractivity contribution in [2.75, 3.05) is 11.9 Å². The molecule has 0 aromatic heterocycles. The fourth-order valence-corrected chi connectivity index (χ4v) is 1.92. The molecule has 0 aliphatic carbocycles. The second-order valence-corrected chi connectivity index (χ2v) is 4.91. The van der Waals surface area contributed by atoms with Gasteiger partial charge in [0, 0.05) is 22.8 Å². The van der Waals surface area contributed by atoms with Crippen LogP contribution >= 0.6 is 11.6 Å². The van der Waals surface area contributed by atoms with Crippen molar-refractivity contribution in [1.29, 1.82) is 0 Å². The number of rotatable bonds is 5. The third-order valence-electron chi connectivity index (χ3n) is 2.96. The number of hydrogen-bond donors (Lipinski definition) is 1. The Balaban J connectivity index is 1.92. The molecule has 0 bridgehead atoms. The minimum Gasteiger partial charge on any atom is -0.484 e. The molecule has 7 heteroatoms. The Labute approximate surface area is 131 Å². The first-order valence-electron chi connectivity index (χ1n) is 6.39. The molecule has 2 aromatic rings. The molecule has 2 aromatic carbocycles. The lowest BCUT2D eigenvalue weighted by Gasteiger charge is -2.10. The quantitative estimate of drug-likeness (QED) is 0.674. The van der Waals surface area contributed by atoms with Crippen molar-refractivity contribution in [2.45, 2.75) is 6.92 Å². The molecule has 0 aliphatic rings. The van der Waals surface area contributed by atoms with E-state index in [1.54, 1.807) is 25.1 Å². The molecular formula is C15H13ClN2O4. The maximum atomic E-state index is 11.8. The minimum absolute atomic E-state index is 0.0358. The zero-order chi connectivity index (χ0) is 16.1. The number of anilines is 1. The van der Waals surface area contributed by atoms with Gasteiger partial charge in [-0.05, 0) is 36.8 Å². The zero-order valence-corrected chi connectivity index (χ0v) is 12.5. The minimum atomic E-state index is -0.502. The summed E-state index contributed by atoms with van der Waals surface area (Å²) in [4.78, 5) is 21.9. The Morgan fingerprint density at radius 2 is 1.95 bits per heavy atom. The predicted molar refractivity (Wildman–Crippen MR) is 83.4 cm³/mol. The van der Waals surface area contributed by atoms with Crippen molar-refractivity contribution in [3.63, 3.8) is 0 Å². The van der Waals surface area contributed by atoms with Crippen LogP contribution in [0.2, 0.25) is 5.02 Å². The molecule has 0 fully saturated rings. The third kappa shape index (κ3) is 3.95. The van der Waals surface area contributed by atoms with Crippen molar-refractivity contribution < 1.29 is 14.5 Å². The topological polar surface area (TPSA) is 81.5 Å². The van der Waals surface area contributed by atoms with Gasteiger partial charge in [-0.2, -0.15) is 0 Å². The summed E-state index contributed by atoms with van der Waals surface area (Å²) in [7, 11) is 0. The number of halogens is 1. The molecule has 0 saturated carbocycles. The number of nitro groups is 1. The van der Waals surface area contributed by atoms with Gasteiger partial charge in [0.05, 0.1) is 4.92 Å². The zero-order valence-electron chi connectivity index (χ0n) is 11.7. The van der Waals surface area contributed by atoms with E-state index in [1.807, 2.05) is 0 Å². The maximum Gasteiger partial charge on any atom is 0.269 e. The second kappa shape index (κ2) is 6.91. The first kappa shape index (κ1) is 15.8. The molecule has 22 heavy (non-hydrogen) atoms. The molecule has 1 N–H and O–H groups in total. The summed E-state index contributed by atoms with van der Waals surface area (Å²) < 4.78 is 5.28.